The average molecular weight is 446 g/mol. The zero-order valence-corrected chi connectivity index (χ0v) is 17.6. The molecule has 1 amide bonds. The second kappa shape index (κ2) is 9.69. The first kappa shape index (κ1) is 22.3. The third kappa shape index (κ3) is 5.66. The molecule has 166 valence electrons. The Kier molecular flexibility index (Phi) is 6.54. The fourth-order valence-electron chi connectivity index (χ4n) is 3.54. The summed E-state index contributed by atoms with van der Waals surface area (Å²) in [4.78, 5) is 17.3. The number of carbonyl (C=O) groups is 1. The highest BCUT2D eigenvalue weighted by atomic mass is 19.4. The van der Waals surface area contributed by atoms with Crippen LogP contribution in [-0.4, -0.2) is 10.9 Å². The van der Waals surface area contributed by atoms with E-state index in [-0.39, 0.29) is 5.91 Å². The van der Waals surface area contributed by atoms with Crippen LogP contribution in [0.25, 0.3) is 11.1 Å². The summed E-state index contributed by atoms with van der Waals surface area (Å²) in [6.07, 6.45) is -0.968. The number of hydrogen-bond acceptors (Lipinski definition) is 2. The van der Waals surface area contributed by atoms with Crippen LogP contribution in [0.15, 0.2) is 97.2 Å². The first-order valence-electron chi connectivity index (χ1n) is 10.5. The molecule has 0 aliphatic heterocycles. The molecule has 0 bridgehead atoms. The minimum atomic E-state index is -4.40. The van der Waals surface area contributed by atoms with Crippen molar-refractivity contribution in [3.63, 3.8) is 0 Å². The quantitative estimate of drug-likeness (QED) is 0.354. The predicted molar refractivity (Wildman–Crippen MR) is 123 cm³/mol. The number of aryl methyl sites for hydroxylation is 2. The van der Waals surface area contributed by atoms with Crippen molar-refractivity contribution in [2.75, 3.05) is 5.32 Å². The van der Waals surface area contributed by atoms with Gasteiger partial charge in [0.05, 0.1) is 5.56 Å². The highest BCUT2D eigenvalue weighted by Crippen LogP contribution is 2.32. The van der Waals surface area contributed by atoms with E-state index in [1.807, 2.05) is 42.5 Å². The second-order valence-corrected chi connectivity index (χ2v) is 7.59. The first-order valence-corrected chi connectivity index (χ1v) is 10.5. The largest absolute Gasteiger partial charge is 0.416 e. The van der Waals surface area contributed by atoms with Crippen molar-refractivity contribution in [2.45, 2.75) is 19.0 Å². The van der Waals surface area contributed by atoms with E-state index in [4.69, 9.17) is 0 Å². The Bertz CT molecular complexity index is 1220. The predicted octanol–water partition coefficient (Wildman–Crippen LogP) is 6.80. The Balaban J connectivity index is 1.46. The summed E-state index contributed by atoms with van der Waals surface area (Å²) in [7, 11) is 0. The molecule has 0 atom stereocenters. The van der Waals surface area contributed by atoms with Crippen LogP contribution in [-0.2, 0) is 19.0 Å². The van der Waals surface area contributed by atoms with Gasteiger partial charge >= 0.3 is 6.18 Å². The molecular weight excluding hydrogens is 425 g/mol. The molecule has 4 aromatic rings. The first-order chi connectivity index (χ1) is 15.9. The van der Waals surface area contributed by atoms with Crippen LogP contribution in [0.5, 0.6) is 0 Å². The number of amides is 1. The van der Waals surface area contributed by atoms with E-state index in [0.717, 1.165) is 36.2 Å². The fraction of sp³-hybridized carbons (Fsp3) is 0.111. The van der Waals surface area contributed by atoms with Crippen LogP contribution < -0.4 is 5.32 Å². The summed E-state index contributed by atoms with van der Waals surface area (Å²) in [6.45, 7) is 0. The molecule has 0 saturated heterocycles. The third-order valence-corrected chi connectivity index (χ3v) is 5.30. The normalized spacial score (nSPS) is 11.2. The number of hydrogen-bond donors (Lipinski definition) is 1. The number of halogens is 3. The van der Waals surface area contributed by atoms with Gasteiger partial charge in [-0.1, -0.05) is 48.5 Å². The molecule has 1 heterocycles. The Morgan fingerprint density at radius 2 is 1.48 bits per heavy atom. The van der Waals surface area contributed by atoms with E-state index in [0.29, 0.717) is 22.4 Å². The van der Waals surface area contributed by atoms with Crippen molar-refractivity contribution >= 4 is 11.6 Å². The molecule has 1 N–H and O–H groups in total. The van der Waals surface area contributed by atoms with Crippen molar-refractivity contribution in [3.8, 4) is 11.1 Å². The van der Waals surface area contributed by atoms with Crippen LogP contribution in [0.3, 0.4) is 0 Å². The van der Waals surface area contributed by atoms with E-state index in [2.05, 4.69) is 10.3 Å². The van der Waals surface area contributed by atoms with Crippen molar-refractivity contribution in [1.29, 1.82) is 0 Å². The molecule has 0 radical (unpaired) electrons. The maximum Gasteiger partial charge on any atom is 0.416 e. The highest BCUT2D eigenvalue weighted by Gasteiger charge is 2.30. The number of pyridine rings is 1. The van der Waals surface area contributed by atoms with E-state index >= 15 is 0 Å². The van der Waals surface area contributed by atoms with Gasteiger partial charge in [-0.15, -0.1) is 0 Å². The SMILES string of the molecule is O=C(Nc1ccc(CCc2ccccn2)cc1)c1ccccc1-c1ccc(C(F)(F)F)cc1. The minimum absolute atomic E-state index is 0.327. The number of aromatic nitrogens is 1. The zero-order valence-electron chi connectivity index (χ0n) is 17.6. The lowest BCUT2D eigenvalue weighted by Crippen LogP contribution is -2.13. The third-order valence-electron chi connectivity index (χ3n) is 5.30. The van der Waals surface area contributed by atoms with Gasteiger partial charge in [0, 0.05) is 23.1 Å². The Labute approximate surface area is 189 Å². The fourth-order valence-corrected chi connectivity index (χ4v) is 3.54. The Hall–Kier alpha value is -3.93. The molecule has 3 aromatic carbocycles. The number of rotatable bonds is 6. The Morgan fingerprint density at radius 3 is 2.15 bits per heavy atom. The van der Waals surface area contributed by atoms with Crippen molar-refractivity contribution in [2.24, 2.45) is 0 Å². The lowest BCUT2D eigenvalue weighted by Gasteiger charge is -2.12. The summed E-state index contributed by atoms with van der Waals surface area (Å²) >= 11 is 0. The Morgan fingerprint density at radius 1 is 0.788 bits per heavy atom. The summed E-state index contributed by atoms with van der Waals surface area (Å²) < 4.78 is 38.6. The van der Waals surface area contributed by atoms with E-state index in [1.165, 1.54) is 12.1 Å². The summed E-state index contributed by atoms with van der Waals surface area (Å²) in [5.41, 5.74) is 3.56. The average Bonchev–Trinajstić information content (AvgIpc) is 2.84. The van der Waals surface area contributed by atoms with Crippen LogP contribution >= 0.6 is 0 Å². The topological polar surface area (TPSA) is 42.0 Å². The molecule has 33 heavy (non-hydrogen) atoms. The van der Waals surface area contributed by atoms with Crippen LogP contribution in [0.1, 0.15) is 27.2 Å². The smallest absolute Gasteiger partial charge is 0.322 e. The monoisotopic (exact) mass is 446 g/mol. The van der Waals surface area contributed by atoms with Gasteiger partial charge in [0.1, 0.15) is 0 Å². The molecule has 0 saturated carbocycles. The van der Waals surface area contributed by atoms with Gasteiger partial charge in [0.2, 0.25) is 0 Å². The van der Waals surface area contributed by atoms with E-state index < -0.39 is 11.7 Å². The molecule has 0 aliphatic rings. The minimum Gasteiger partial charge on any atom is -0.322 e. The molecule has 0 spiro atoms. The summed E-state index contributed by atoms with van der Waals surface area (Å²) in [6, 6.07) is 25.1. The molecule has 6 heteroatoms. The molecular formula is C27H21F3N2O. The van der Waals surface area contributed by atoms with Crippen LogP contribution in [0.4, 0.5) is 18.9 Å². The number of anilines is 1. The molecule has 3 nitrogen and oxygen atoms in total. The number of nitrogens with one attached hydrogen (secondary N) is 1. The highest BCUT2D eigenvalue weighted by molar-refractivity contribution is 6.08. The maximum absolute atomic E-state index is 12.9. The number of alkyl halides is 3. The number of benzene rings is 3. The van der Waals surface area contributed by atoms with Gasteiger partial charge in [-0.2, -0.15) is 13.2 Å². The standard InChI is InChI=1S/C27H21F3N2O/c28-27(29,30)21-13-11-20(12-14-21)24-6-1-2-7-25(24)26(33)32-23-16-9-19(10-17-23)8-15-22-5-3-4-18-31-22/h1-7,9-14,16-18H,8,15H2,(H,32,33). The van der Waals surface area contributed by atoms with Crippen LogP contribution in [0, 0.1) is 0 Å². The van der Waals surface area contributed by atoms with Crippen molar-refractivity contribution < 1.29 is 18.0 Å². The van der Waals surface area contributed by atoms with Gasteiger partial charge in [-0.25, -0.2) is 0 Å². The van der Waals surface area contributed by atoms with Crippen molar-refractivity contribution in [1.82, 2.24) is 4.98 Å². The summed E-state index contributed by atoms with van der Waals surface area (Å²) in [5.74, 6) is -0.327. The molecule has 0 fully saturated rings. The van der Waals surface area contributed by atoms with Gasteiger partial charge in [-0.05, 0) is 72.0 Å². The molecule has 0 unspecified atom stereocenters. The lowest BCUT2D eigenvalue weighted by molar-refractivity contribution is -0.137. The van der Waals surface area contributed by atoms with Gasteiger partial charge in [0.25, 0.3) is 5.91 Å². The van der Waals surface area contributed by atoms with Gasteiger partial charge < -0.3 is 5.32 Å². The molecule has 4 rings (SSSR count). The van der Waals surface area contributed by atoms with Gasteiger partial charge in [0.15, 0.2) is 0 Å². The van der Waals surface area contributed by atoms with Gasteiger partial charge in [-0.3, -0.25) is 9.78 Å². The lowest BCUT2D eigenvalue weighted by atomic mass is 9.98. The summed E-state index contributed by atoms with van der Waals surface area (Å²) in [5, 5.41) is 2.87. The van der Waals surface area contributed by atoms with E-state index in [1.54, 1.807) is 30.5 Å². The number of nitrogens with zero attached hydrogens (tertiary/aromatic N) is 1. The second-order valence-electron chi connectivity index (χ2n) is 7.59. The maximum atomic E-state index is 12.9. The van der Waals surface area contributed by atoms with Crippen molar-refractivity contribution in [3.05, 3.63) is 120 Å². The van der Waals surface area contributed by atoms with Crippen LogP contribution in [0.2, 0.25) is 0 Å². The molecule has 0 aliphatic carbocycles. The number of carbonyl (C=O) groups excluding carboxylic acids is 1. The zero-order chi connectivity index (χ0) is 23.3. The molecule has 1 aromatic heterocycles. The van der Waals surface area contributed by atoms with E-state index in [9.17, 15) is 18.0 Å².